The quantitative estimate of drug-likeness (QED) is 0.812. The fraction of sp³-hybridized carbons (Fsp3) is 0.154. The minimum absolute atomic E-state index is 0.135. The van der Waals surface area contributed by atoms with E-state index in [0.29, 0.717) is 5.56 Å². The average molecular weight is 253 g/mol. The molecule has 0 saturated heterocycles. The van der Waals surface area contributed by atoms with Crippen molar-refractivity contribution >= 4 is 0 Å². The second-order valence-corrected chi connectivity index (χ2v) is 3.64. The Labute approximate surface area is 102 Å². The highest BCUT2D eigenvalue weighted by molar-refractivity contribution is 5.61. The summed E-state index contributed by atoms with van der Waals surface area (Å²) in [5.74, 6) is 0.135. The van der Waals surface area contributed by atoms with E-state index in [0.717, 1.165) is 6.07 Å². The van der Waals surface area contributed by atoms with Crippen molar-refractivity contribution < 1.29 is 17.9 Å². The molecule has 0 bridgehead atoms. The summed E-state index contributed by atoms with van der Waals surface area (Å²) < 4.78 is 42.9. The lowest BCUT2D eigenvalue weighted by atomic mass is 10.1. The van der Waals surface area contributed by atoms with E-state index in [1.807, 2.05) is 0 Å². The Morgan fingerprint density at radius 2 is 1.72 bits per heavy atom. The highest BCUT2D eigenvalue weighted by atomic mass is 19.4. The number of halogens is 3. The zero-order valence-corrected chi connectivity index (χ0v) is 9.53. The second-order valence-electron chi connectivity index (χ2n) is 3.64. The maximum absolute atomic E-state index is 12.7. The van der Waals surface area contributed by atoms with Crippen LogP contribution < -0.4 is 4.74 Å². The molecule has 1 aromatic carbocycles. The molecule has 0 saturated carbocycles. The molecule has 0 N–H and O–H groups in total. The Hall–Kier alpha value is -2.04. The van der Waals surface area contributed by atoms with Crippen molar-refractivity contribution in [2.45, 2.75) is 6.18 Å². The number of nitrogens with zero attached hydrogens (tertiary/aromatic N) is 1. The van der Waals surface area contributed by atoms with Crippen molar-refractivity contribution in [2.75, 3.05) is 7.11 Å². The van der Waals surface area contributed by atoms with E-state index in [2.05, 4.69) is 4.98 Å². The van der Waals surface area contributed by atoms with Crippen LogP contribution in [-0.4, -0.2) is 12.1 Å². The van der Waals surface area contributed by atoms with Crippen LogP contribution in [-0.2, 0) is 6.18 Å². The zero-order chi connectivity index (χ0) is 13.2. The van der Waals surface area contributed by atoms with Gasteiger partial charge in [0, 0.05) is 17.7 Å². The maximum atomic E-state index is 12.7. The molecule has 0 aliphatic rings. The molecule has 18 heavy (non-hydrogen) atoms. The summed E-state index contributed by atoms with van der Waals surface area (Å²) in [6.45, 7) is 0. The molecule has 0 radical (unpaired) electrons. The molecule has 1 heterocycles. The maximum Gasteiger partial charge on any atom is 0.433 e. The molecular formula is C13H10F3NO. The van der Waals surface area contributed by atoms with Crippen LogP contribution in [0, 0.1) is 0 Å². The average Bonchev–Trinajstić information content (AvgIpc) is 2.38. The normalized spacial score (nSPS) is 11.3. The molecule has 0 aliphatic heterocycles. The molecule has 0 fully saturated rings. The molecule has 2 rings (SSSR count). The van der Waals surface area contributed by atoms with Crippen LogP contribution in [0.2, 0.25) is 0 Å². The molecule has 5 heteroatoms. The van der Waals surface area contributed by atoms with E-state index >= 15 is 0 Å². The van der Waals surface area contributed by atoms with Gasteiger partial charge in [0.15, 0.2) is 0 Å². The Morgan fingerprint density at radius 1 is 1.06 bits per heavy atom. The van der Waals surface area contributed by atoms with E-state index < -0.39 is 11.9 Å². The summed E-state index contributed by atoms with van der Waals surface area (Å²) in [5.41, 5.74) is -0.107. The van der Waals surface area contributed by atoms with Gasteiger partial charge < -0.3 is 4.74 Å². The van der Waals surface area contributed by atoms with Gasteiger partial charge in [-0.1, -0.05) is 30.3 Å². The Balaban J connectivity index is 2.55. The van der Waals surface area contributed by atoms with Gasteiger partial charge in [0.05, 0.1) is 12.8 Å². The molecule has 2 aromatic rings. The number of hydrogen-bond donors (Lipinski definition) is 0. The largest absolute Gasteiger partial charge is 0.497 e. The summed E-state index contributed by atoms with van der Waals surface area (Å²) in [5, 5.41) is 0. The molecule has 0 amide bonds. The van der Waals surface area contributed by atoms with Crippen LogP contribution in [0.1, 0.15) is 5.69 Å². The first kappa shape index (κ1) is 12.4. The van der Waals surface area contributed by atoms with Gasteiger partial charge in [-0.15, -0.1) is 0 Å². The second kappa shape index (κ2) is 4.68. The number of rotatable bonds is 2. The highest BCUT2D eigenvalue weighted by Gasteiger charge is 2.33. The Bertz CT molecular complexity index is 538. The van der Waals surface area contributed by atoms with Gasteiger partial charge in [-0.2, -0.15) is 13.2 Å². The fourth-order valence-corrected chi connectivity index (χ4v) is 1.53. The lowest BCUT2D eigenvalue weighted by Gasteiger charge is -2.10. The monoisotopic (exact) mass is 253 g/mol. The molecular weight excluding hydrogens is 243 g/mol. The van der Waals surface area contributed by atoms with Crippen molar-refractivity contribution in [3.63, 3.8) is 0 Å². The molecule has 2 nitrogen and oxygen atoms in total. The lowest BCUT2D eigenvalue weighted by Crippen LogP contribution is -2.08. The van der Waals surface area contributed by atoms with E-state index in [-0.39, 0.29) is 11.4 Å². The van der Waals surface area contributed by atoms with Crippen LogP contribution in [0.4, 0.5) is 13.2 Å². The van der Waals surface area contributed by atoms with Crippen LogP contribution in [0.5, 0.6) is 5.75 Å². The van der Waals surface area contributed by atoms with Crippen LogP contribution in [0.3, 0.4) is 0 Å². The molecule has 0 aliphatic carbocycles. The summed E-state index contributed by atoms with van der Waals surface area (Å²) in [7, 11) is 1.32. The third kappa shape index (κ3) is 2.61. The van der Waals surface area contributed by atoms with E-state index in [1.165, 1.54) is 13.2 Å². The first-order valence-electron chi connectivity index (χ1n) is 5.19. The summed E-state index contributed by atoms with van der Waals surface area (Å²) >= 11 is 0. The van der Waals surface area contributed by atoms with E-state index in [9.17, 15) is 13.2 Å². The van der Waals surface area contributed by atoms with Gasteiger partial charge in [-0.05, 0) is 0 Å². The van der Waals surface area contributed by atoms with Gasteiger partial charge in [0.2, 0.25) is 0 Å². The number of pyridine rings is 1. The SMILES string of the molecule is COc1cc(-c2ccccc2)nc(C(F)(F)F)c1. The number of hydrogen-bond acceptors (Lipinski definition) is 2. The predicted octanol–water partition coefficient (Wildman–Crippen LogP) is 3.78. The predicted molar refractivity (Wildman–Crippen MR) is 61.2 cm³/mol. The minimum Gasteiger partial charge on any atom is -0.497 e. The van der Waals surface area contributed by atoms with Crippen molar-refractivity contribution in [2.24, 2.45) is 0 Å². The van der Waals surface area contributed by atoms with Crippen LogP contribution in [0.25, 0.3) is 11.3 Å². The van der Waals surface area contributed by atoms with Gasteiger partial charge in [0.1, 0.15) is 11.4 Å². The van der Waals surface area contributed by atoms with Crippen molar-refractivity contribution in [1.82, 2.24) is 4.98 Å². The first-order valence-corrected chi connectivity index (χ1v) is 5.19. The minimum atomic E-state index is -4.49. The zero-order valence-electron chi connectivity index (χ0n) is 9.53. The lowest BCUT2D eigenvalue weighted by molar-refractivity contribution is -0.141. The summed E-state index contributed by atoms with van der Waals surface area (Å²) in [4.78, 5) is 3.62. The third-order valence-corrected chi connectivity index (χ3v) is 2.39. The van der Waals surface area contributed by atoms with Gasteiger partial charge >= 0.3 is 6.18 Å². The fourth-order valence-electron chi connectivity index (χ4n) is 1.53. The topological polar surface area (TPSA) is 22.1 Å². The van der Waals surface area contributed by atoms with E-state index in [1.54, 1.807) is 30.3 Å². The number of aromatic nitrogens is 1. The standard InChI is InChI=1S/C13H10F3NO/c1-18-10-7-11(9-5-3-2-4-6-9)17-12(8-10)13(14,15)16/h2-8H,1H3. The van der Waals surface area contributed by atoms with Gasteiger partial charge in [-0.25, -0.2) is 4.98 Å². The highest BCUT2D eigenvalue weighted by Crippen LogP contribution is 2.32. The molecule has 0 unspecified atom stereocenters. The third-order valence-electron chi connectivity index (χ3n) is 2.39. The number of methoxy groups -OCH3 is 1. The number of benzene rings is 1. The van der Waals surface area contributed by atoms with Crippen molar-refractivity contribution in [3.8, 4) is 17.0 Å². The molecule has 1 aromatic heterocycles. The smallest absolute Gasteiger partial charge is 0.433 e. The van der Waals surface area contributed by atoms with Crippen LogP contribution >= 0.6 is 0 Å². The Morgan fingerprint density at radius 3 is 2.28 bits per heavy atom. The first-order chi connectivity index (χ1) is 8.50. The Kier molecular flexibility index (Phi) is 3.23. The van der Waals surface area contributed by atoms with Gasteiger partial charge in [0.25, 0.3) is 0 Å². The van der Waals surface area contributed by atoms with Crippen molar-refractivity contribution in [1.29, 1.82) is 0 Å². The van der Waals surface area contributed by atoms with Gasteiger partial charge in [-0.3, -0.25) is 0 Å². The van der Waals surface area contributed by atoms with Crippen molar-refractivity contribution in [3.05, 3.63) is 48.2 Å². The summed E-state index contributed by atoms with van der Waals surface area (Å²) in [6, 6.07) is 11.0. The number of ether oxygens (including phenoxy) is 1. The van der Waals surface area contributed by atoms with Crippen LogP contribution in [0.15, 0.2) is 42.5 Å². The summed E-state index contributed by atoms with van der Waals surface area (Å²) in [6.07, 6.45) is -4.49. The van der Waals surface area contributed by atoms with E-state index in [4.69, 9.17) is 4.74 Å². The number of alkyl halides is 3. The molecule has 0 atom stereocenters. The molecule has 94 valence electrons. The molecule has 0 spiro atoms.